The molecule has 6 heteroatoms. The number of para-hydroxylation sites is 1. The molecule has 3 rings (SSSR count). The van der Waals surface area contributed by atoms with Crippen LogP contribution < -0.4 is 5.32 Å². The summed E-state index contributed by atoms with van der Waals surface area (Å²) in [6.07, 6.45) is 1.76. The number of thiazole rings is 1. The maximum atomic E-state index is 4.67. The van der Waals surface area contributed by atoms with Crippen LogP contribution >= 0.6 is 11.3 Å². The first kappa shape index (κ1) is 13.2. The number of nitrogens with zero attached hydrogens (tertiary/aromatic N) is 4. The van der Waals surface area contributed by atoms with E-state index in [1.54, 1.807) is 17.7 Å². The zero-order valence-corrected chi connectivity index (χ0v) is 12.4. The van der Waals surface area contributed by atoms with Crippen molar-refractivity contribution in [2.45, 2.75) is 33.0 Å². The van der Waals surface area contributed by atoms with Crippen molar-refractivity contribution in [1.29, 1.82) is 0 Å². The highest BCUT2D eigenvalue weighted by Crippen LogP contribution is 2.26. The molecule has 0 spiro atoms. The molecule has 20 heavy (non-hydrogen) atoms. The fraction of sp³-hybridized carbons (Fsp3) is 0.357. The third-order valence-electron chi connectivity index (χ3n) is 3.28. The number of hydrogen-bond acceptors (Lipinski definition) is 5. The van der Waals surface area contributed by atoms with E-state index in [2.05, 4.69) is 46.5 Å². The first-order chi connectivity index (χ1) is 9.78. The number of hydrogen-bond donors (Lipinski definition) is 1. The van der Waals surface area contributed by atoms with Crippen LogP contribution in [0, 0.1) is 0 Å². The Morgan fingerprint density at radius 3 is 3.00 bits per heavy atom. The molecule has 5 nitrogen and oxygen atoms in total. The van der Waals surface area contributed by atoms with Gasteiger partial charge in [-0.1, -0.05) is 12.1 Å². The van der Waals surface area contributed by atoms with Crippen LogP contribution in [0.2, 0.25) is 0 Å². The number of fused-ring (bicyclic) bond motifs is 1. The lowest BCUT2D eigenvalue weighted by molar-refractivity contribution is 0.538. The Kier molecular flexibility index (Phi) is 3.75. The normalized spacial score (nSPS) is 12.9. The largest absolute Gasteiger partial charge is 0.317 e. The molecule has 2 heterocycles. The third kappa shape index (κ3) is 2.57. The van der Waals surface area contributed by atoms with Gasteiger partial charge in [-0.25, -0.2) is 4.98 Å². The van der Waals surface area contributed by atoms with Crippen molar-refractivity contribution in [3.63, 3.8) is 0 Å². The molecule has 0 fully saturated rings. The molecule has 1 aromatic carbocycles. The van der Waals surface area contributed by atoms with Crippen molar-refractivity contribution in [2.75, 3.05) is 0 Å². The topological polar surface area (TPSA) is 55.6 Å². The van der Waals surface area contributed by atoms with Crippen molar-refractivity contribution in [1.82, 2.24) is 25.1 Å². The van der Waals surface area contributed by atoms with Crippen LogP contribution in [-0.2, 0) is 13.1 Å². The molecular formula is C14H17N5S. The van der Waals surface area contributed by atoms with Gasteiger partial charge in [-0.2, -0.15) is 0 Å². The summed E-state index contributed by atoms with van der Waals surface area (Å²) in [6, 6.07) is 8.43. The minimum atomic E-state index is 0.203. The molecular weight excluding hydrogens is 270 g/mol. The average molecular weight is 287 g/mol. The van der Waals surface area contributed by atoms with E-state index in [4.69, 9.17) is 0 Å². The number of nitrogens with one attached hydrogen (secondary N) is 1. The number of benzene rings is 1. The lowest BCUT2D eigenvalue weighted by atomic mass is 10.3. The van der Waals surface area contributed by atoms with Crippen LogP contribution in [0.25, 0.3) is 10.2 Å². The molecule has 1 unspecified atom stereocenters. The van der Waals surface area contributed by atoms with Crippen LogP contribution in [0.5, 0.6) is 0 Å². The van der Waals surface area contributed by atoms with Gasteiger partial charge in [0.2, 0.25) is 0 Å². The Labute approximate surface area is 121 Å². The molecule has 3 aromatic rings. The zero-order chi connectivity index (χ0) is 13.9. The number of aromatic nitrogens is 4. The third-order valence-corrected chi connectivity index (χ3v) is 4.50. The predicted molar refractivity (Wildman–Crippen MR) is 80.6 cm³/mol. The molecule has 2 aromatic heterocycles. The standard InChI is InChI=1S/C14H17N5S/c1-3-19-9-16-18-13(19)8-15-10(2)14-17-11-6-4-5-7-12(11)20-14/h4-7,9-10,15H,3,8H2,1-2H3. The highest BCUT2D eigenvalue weighted by Gasteiger charge is 2.12. The van der Waals surface area contributed by atoms with E-state index in [1.807, 2.05) is 16.7 Å². The molecule has 1 atom stereocenters. The maximum absolute atomic E-state index is 4.67. The van der Waals surface area contributed by atoms with Gasteiger partial charge in [-0.05, 0) is 26.0 Å². The Morgan fingerprint density at radius 1 is 1.35 bits per heavy atom. The van der Waals surface area contributed by atoms with E-state index in [0.717, 1.165) is 22.9 Å². The van der Waals surface area contributed by atoms with Crippen molar-refractivity contribution < 1.29 is 0 Å². The number of aryl methyl sites for hydroxylation is 1. The first-order valence-electron chi connectivity index (χ1n) is 6.73. The van der Waals surface area contributed by atoms with Crippen molar-refractivity contribution in [3.05, 3.63) is 41.4 Å². The minimum Gasteiger partial charge on any atom is -0.317 e. The summed E-state index contributed by atoms with van der Waals surface area (Å²) in [6.45, 7) is 5.80. The van der Waals surface area contributed by atoms with Crippen LogP contribution in [0.1, 0.15) is 30.7 Å². The van der Waals surface area contributed by atoms with Gasteiger partial charge in [0, 0.05) is 6.54 Å². The van der Waals surface area contributed by atoms with Crippen molar-refractivity contribution in [3.8, 4) is 0 Å². The monoisotopic (exact) mass is 287 g/mol. The number of rotatable bonds is 5. The van der Waals surface area contributed by atoms with Gasteiger partial charge in [0.05, 0.1) is 22.8 Å². The Hall–Kier alpha value is -1.79. The highest BCUT2D eigenvalue weighted by molar-refractivity contribution is 7.18. The summed E-state index contributed by atoms with van der Waals surface area (Å²) >= 11 is 1.74. The molecule has 1 N–H and O–H groups in total. The SMILES string of the molecule is CCn1cnnc1CNC(C)c1nc2ccccc2s1. The van der Waals surface area contributed by atoms with E-state index >= 15 is 0 Å². The quantitative estimate of drug-likeness (QED) is 0.784. The van der Waals surface area contributed by atoms with E-state index in [9.17, 15) is 0 Å². The second-order valence-electron chi connectivity index (χ2n) is 4.66. The molecule has 0 bridgehead atoms. The second kappa shape index (κ2) is 5.68. The van der Waals surface area contributed by atoms with Gasteiger partial charge in [-0.15, -0.1) is 21.5 Å². The first-order valence-corrected chi connectivity index (χ1v) is 7.55. The summed E-state index contributed by atoms with van der Waals surface area (Å²) in [5.41, 5.74) is 1.07. The minimum absolute atomic E-state index is 0.203. The fourth-order valence-electron chi connectivity index (χ4n) is 2.09. The summed E-state index contributed by atoms with van der Waals surface area (Å²) in [5.74, 6) is 0.959. The Bertz CT molecular complexity index is 669. The fourth-order valence-corrected chi connectivity index (χ4v) is 3.08. The van der Waals surface area contributed by atoms with Crippen LogP contribution in [0.3, 0.4) is 0 Å². The lowest BCUT2D eigenvalue weighted by Gasteiger charge is -2.10. The summed E-state index contributed by atoms with van der Waals surface area (Å²) in [7, 11) is 0. The molecule has 0 aliphatic heterocycles. The van der Waals surface area contributed by atoms with E-state index in [0.29, 0.717) is 6.54 Å². The second-order valence-corrected chi connectivity index (χ2v) is 5.72. The molecule has 104 valence electrons. The smallest absolute Gasteiger partial charge is 0.146 e. The molecule has 0 radical (unpaired) electrons. The Balaban J connectivity index is 1.71. The van der Waals surface area contributed by atoms with Gasteiger partial charge >= 0.3 is 0 Å². The molecule has 0 saturated carbocycles. The van der Waals surface area contributed by atoms with Gasteiger partial charge in [0.25, 0.3) is 0 Å². The zero-order valence-electron chi connectivity index (χ0n) is 11.6. The summed E-state index contributed by atoms with van der Waals surface area (Å²) in [4.78, 5) is 4.67. The highest BCUT2D eigenvalue weighted by atomic mass is 32.1. The van der Waals surface area contributed by atoms with Gasteiger partial charge in [0.15, 0.2) is 0 Å². The summed E-state index contributed by atoms with van der Waals surface area (Å²) in [5, 5.41) is 12.6. The average Bonchev–Trinajstić information content (AvgIpc) is 3.10. The molecule has 0 aliphatic carbocycles. The summed E-state index contributed by atoms with van der Waals surface area (Å²) < 4.78 is 3.27. The van der Waals surface area contributed by atoms with E-state index in [1.165, 1.54) is 4.70 Å². The molecule has 0 saturated heterocycles. The van der Waals surface area contributed by atoms with Gasteiger partial charge < -0.3 is 9.88 Å². The maximum Gasteiger partial charge on any atom is 0.146 e. The van der Waals surface area contributed by atoms with E-state index < -0.39 is 0 Å². The Morgan fingerprint density at radius 2 is 2.20 bits per heavy atom. The van der Waals surface area contributed by atoms with E-state index in [-0.39, 0.29) is 6.04 Å². The van der Waals surface area contributed by atoms with Crippen LogP contribution in [0.4, 0.5) is 0 Å². The van der Waals surface area contributed by atoms with Crippen molar-refractivity contribution in [2.24, 2.45) is 0 Å². The molecule has 0 amide bonds. The van der Waals surface area contributed by atoms with Crippen LogP contribution in [-0.4, -0.2) is 19.7 Å². The molecule has 0 aliphatic rings. The lowest BCUT2D eigenvalue weighted by Crippen LogP contribution is -2.20. The van der Waals surface area contributed by atoms with Crippen molar-refractivity contribution >= 4 is 21.6 Å². The van der Waals surface area contributed by atoms with Gasteiger partial charge in [-0.3, -0.25) is 0 Å². The predicted octanol–water partition coefficient (Wildman–Crippen LogP) is 2.76. The van der Waals surface area contributed by atoms with Gasteiger partial charge in [0.1, 0.15) is 17.2 Å². The van der Waals surface area contributed by atoms with Crippen LogP contribution in [0.15, 0.2) is 30.6 Å².